The van der Waals surface area contributed by atoms with Crippen LogP contribution in [0.25, 0.3) is 0 Å². The zero-order valence-electron chi connectivity index (χ0n) is 8.54. The number of amides is 2. The van der Waals surface area contributed by atoms with E-state index in [2.05, 4.69) is 17.5 Å². The van der Waals surface area contributed by atoms with Crippen molar-refractivity contribution in [3.05, 3.63) is 12.2 Å². The van der Waals surface area contributed by atoms with Gasteiger partial charge in [0, 0.05) is 19.1 Å². The van der Waals surface area contributed by atoms with Gasteiger partial charge in [-0.3, -0.25) is 0 Å². The molecule has 1 atom stereocenters. The molecule has 1 unspecified atom stereocenters. The van der Waals surface area contributed by atoms with E-state index in [0.29, 0.717) is 0 Å². The van der Waals surface area contributed by atoms with E-state index in [4.69, 9.17) is 0 Å². The van der Waals surface area contributed by atoms with Crippen LogP contribution in [-0.4, -0.2) is 30.1 Å². The Morgan fingerprint density at radius 2 is 2.07 bits per heavy atom. The molecule has 1 aliphatic heterocycles. The molecule has 0 saturated carbocycles. The molecule has 0 aromatic carbocycles. The molecule has 2 rings (SSSR count). The fourth-order valence-corrected chi connectivity index (χ4v) is 2.10. The van der Waals surface area contributed by atoms with Crippen molar-refractivity contribution < 1.29 is 4.79 Å². The summed E-state index contributed by atoms with van der Waals surface area (Å²) in [6.07, 6.45) is 10.1. The van der Waals surface area contributed by atoms with E-state index in [1.165, 1.54) is 6.42 Å². The number of hydrogen-bond acceptors (Lipinski definition) is 1. The summed E-state index contributed by atoms with van der Waals surface area (Å²) in [4.78, 5) is 13.6. The zero-order valence-corrected chi connectivity index (χ0v) is 8.54. The second-order valence-corrected chi connectivity index (χ2v) is 4.11. The third-order valence-electron chi connectivity index (χ3n) is 2.96. The van der Waals surface area contributed by atoms with Crippen molar-refractivity contribution in [2.45, 2.75) is 38.1 Å². The van der Waals surface area contributed by atoms with Gasteiger partial charge in [0.1, 0.15) is 0 Å². The van der Waals surface area contributed by atoms with Crippen molar-refractivity contribution in [2.24, 2.45) is 0 Å². The number of urea groups is 1. The van der Waals surface area contributed by atoms with Crippen molar-refractivity contribution in [3.8, 4) is 0 Å². The Hall–Kier alpha value is -0.990. The zero-order chi connectivity index (χ0) is 9.80. The lowest BCUT2D eigenvalue weighted by Gasteiger charge is -2.22. The lowest BCUT2D eigenvalue weighted by Crippen LogP contribution is -2.43. The number of nitrogens with zero attached hydrogens (tertiary/aromatic N) is 1. The Bertz CT molecular complexity index is 231. The topological polar surface area (TPSA) is 32.3 Å². The van der Waals surface area contributed by atoms with Gasteiger partial charge in [0.15, 0.2) is 0 Å². The van der Waals surface area contributed by atoms with Crippen LogP contribution in [0.4, 0.5) is 4.79 Å². The molecule has 0 aromatic rings. The molecule has 1 fully saturated rings. The number of rotatable bonds is 1. The van der Waals surface area contributed by atoms with Gasteiger partial charge in [-0.25, -0.2) is 4.79 Å². The Morgan fingerprint density at radius 1 is 1.29 bits per heavy atom. The summed E-state index contributed by atoms with van der Waals surface area (Å²) in [6.45, 7) is 1.87. The lowest BCUT2D eigenvalue weighted by atomic mass is 10.0. The predicted octanol–water partition coefficient (Wildman–Crippen LogP) is 1.90. The quantitative estimate of drug-likeness (QED) is 0.635. The molecule has 2 aliphatic rings. The third kappa shape index (κ3) is 2.28. The molecule has 78 valence electrons. The van der Waals surface area contributed by atoms with Crippen molar-refractivity contribution in [2.75, 3.05) is 13.1 Å². The second-order valence-electron chi connectivity index (χ2n) is 4.11. The van der Waals surface area contributed by atoms with Crippen LogP contribution in [-0.2, 0) is 0 Å². The van der Waals surface area contributed by atoms with Gasteiger partial charge in [-0.1, -0.05) is 12.2 Å². The van der Waals surface area contributed by atoms with E-state index in [9.17, 15) is 4.79 Å². The van der Waals surface area contributed by atoms with Crippen LogP contribution in [0.1, 0.15) is 32.1 Å². The monoisotopic (exact) mass is 194 g/mol. The first-order valence-electron chi connectivity index (χ1n) is 5.58. The minimum absolute atomic E-state index is 0.124. The fourth-order valence-electron chi connectivity index (χ4n) is 2.10. The average molecular weight is 194 g/mol. The molecule has 14 heavy (non-hydrogen) atoms. The molecule has 1 heterocycles. The molecular weight excluding hydrogens is 176 g/mol. The van der Waals surface area contributed by atoms with Gasteiger partial charge < -0.3 is 10.2 Å². The van der Waals surface area contributed by atoms with Crippen molar-refractivity contribution in [1.29, 1.82) is 0 Å². The normalized spacial score (nSPS) is 26.6. The Kier molecular flexibility index (Phi) is 3.07. The maximum Gasteiger partial charge on any atom is 0.317 e. The van der Waals surface area contributed by atoms with Crippen molar-refractivity contribution in [1.82, 2.24) is 10.2 Å². The van der Waals surface area contributed by atoms with E-state index in [1.54, 1.807) is 0 Å². The summed E-state index contributed by atoms with van der Waals surface area (Å²) < 4.78 is 0. The van der Waals surface area contributed by atoms with Gasteiger partial charge in [-0.2, -0.15) is 0 Å². The highest BCUT2D eigenvalue weighted by atomic mass is 16.2. The first kappa shape index (κ1) is 9.56. The first-order chi connectivity index (χ1) is 6.86. The van der Waals surface area contributed by atoms with Crippen LogP contribution in [0.3, 0.4) is 0 Å². The number of likely N-dealkylation sites (tertiary alicyclic amines) is 1. The molecule has 1 N–H and O–H groups in total. The number of hydrogen-bond donors (Lipinski definition) is 1. The van der Waals surface area contributed by atoms with Crippen LogP contribution in [0.15, 0.2) is 12.2 Å². The van der Waals surface area contributed by atoms with E-state index in [0.717, 1.165) is 38.8 Å². The molecule has 1 saturated heterocycles. The maximum atomic E-state index is 11.7. The summed E-state index contributed by atoms with van der Waals surface area (Å²) in [5.41, 5.74) is 0. The van der Waals surface area contributed by atoms with E-state index in [1.807, 2.05) is 4.90 Å². The van der Waals surface area contributed by atoms with Crippen LogP contribution >= 0.6 is 0 Å². The molecular formula is C11H18N2O. The van der Waals surface area contributed by atoms with Gasteiger partial charge in [-0.15, -0.1) is 0 Å². The highest BCUT2D eigenvalue weighted by Crippen LogP contribution is 2.12. The van der Waals surface area contributed by atoms with Gasteiger partial charge in [0.2, 0.25) is 0 Å². The summed E-state index contributed by atoms with van der Waals surface area (Å²) in [7, 11) is 0. The smallest absolute Gasteiger partial charge is 0.317 e. The first-order valence-corrected chi connectivity index (χ1v) is 5.58. The lowest BCUT2D eigenvalue weighted by molar-refractivity contribution is 0.205. The minimum atomic E-state index is 0.124. The van der Waals surface area contributed by atoms with Crippen LogP contribution in [0, 0.1) is 0 Å². The number of nitrogens with one attached hydrogen (secondary N) is 1. The maximum absolute atomic E-state index is 11.7. The second kappa shape index (κ2) is 4.49. The minimum Gasteiger partial charge on any atom is -0.332 e. The van der Waals surface area contributed by atoms with E-state index in [-0.39, 0.29) is 12.1 Å². The summed E-state index contributed by atoms with van der Waals surface area (Å²) in [5, 5.41) is 3.06. The number of allylic oxidation sites excluding steroid dienone is 1. The summed E-state index contributed by atoms with van der Waals surface area (Å²) in [5.74, 6) is 0. The van der Waals surface area contributed by atoms with E-state index >= 15 is 0 Å². The molecule has 0 spiro atoms. The molecule has 3 nitrogen and oxygen atoms in total. The molecule has 3 heteroatoms. The van der Waals surface area contributed by atoms with Crippen LogP contribution < -0.4 is 5.32 Å². The van der Waals surface area contributed by atoms with Crippen molar-refractivity contribution >= 4 is 6.03 Å². The number of carbonyl (C=O) groups is 1. The molecule has 0 bridgehead atoms. The molecule has 0 aromatic heterocycles. The predicted molar refractivity (Wildman–Crippen MR) is 56.1 cm³/mol. The molecule has 2 amide bonds. The molecule has 0 radical (unpaired) electrons. The average Bonchev–Trinajstić information content (AvgIpc) is 2.72. The Labute approximate surface area is 85.2 Å². The fraction of sp³-hybridized carbons (Fsp3) is 0.727. The highest BCUT2D eigenvalue weighted by Gasteiger charge is 2.20. The third-order valence-corrected chi connectivity index (χ3v) is 2.96. The highest BCUT2D eigenvalue weighted by molar-refractivity contribution is 5.75. The van der Waals surface area contributed by atoms with Gasteiger partial charge in [0.05, 0.1) is 0 Å². The SMILES string of the molecule is O=C(NC1C=CCCC1)N1CCCC1. The van der Waals surface area contributed by atoms with Crippen LogP contribution in [0.5, 0.6) is 0 Å². The number of carbonyl (C=O) groups excluding carboxylic acids is 1. The summed E-state index contributed by atoms with van der Waals surface area (Å²) in [6, 6.07) is 0.399. The Balaban J connectivity index is 1.80. The van der Waals surface area contributed by atoms with Crippen LogP contribution in [0.2, 0.25) is 0 Å². The summed E-state index contributed by atoms with van der Waals surface area (Å²) >= 11 is 0. The van der Waals surface area contributed by atoms with Gasteiger partial charge in [0.25, 0.3) is 0 Å². The van der Waals surface area contributed by atoms with Gasteiger partial charge >= 0.3 is 6.03 Å². The standard InChI is InChI=1S/C11H18N2O/c14-11(13-8-4-5-9-13)12-10-6-2-1-3-7-10/h2,6,10H,1,3-5,7-9H2,(H,12,14). The van der Waals surface area contributed by atoms with Gasteiger partial charge in [-0.05, 0) is 32.1 Å². The van der Waals surface area contributed by atoms with E-state index < -0.39 is 0 Å². The largest absolute Gasteiger partial charge is 0.332 e. The Morgan fingerprint density at radius 3 is 2.71 bits per heavy atom. The van der Waals surface area contributed by atoms with Crippen molar-refractivity contribution in [3.63, 3.8) is 0 Å². The molecule has 1 aliphatic carbocycles.